The first-order valence-electron chi connectivity index (χ1n) is 6.11. The van der Waals surface area contributed by atoms with Gasteiger partial charge in [0.25, 0.3) is 5.91 Å². The highest BCUT2D eigenvalue weighted by Crippen LogP contribution is 2.21. The summed E-state index contributed by atoms with van der Waals surface area (Å²) in [6.07, 6.45) is 1.63. The summed E-state index contributed by atoms with van der Waals surface area (Å²) in [4.78, 5) is 12.1. The van der Waals surface area contributed by atoms with Crippen LogP contribution in [0.2, 0.25) is 5.02 Å². The zero-order valence-electron chi connectivity index (χ0n) is 11.2. The number of aryl methyl sites for hydroxylation is 1. The number of nitrogens with one attached hydrogen (secondary N) is 1. The molecule has 6 nitrogen and oxygen atoms in total. The SMILES string of the molecule is CCn1cc(Cl)cc1C(=O)Nc1ccccc1S(N)(=O)=O. The first kappa shape index (κ1) is 15.6. The summed E-state index contributed by atoms with van der Waals surface area (Å²) < 4.78 is 24.7. The number of carbonyl (C=O) groups is 1. The molecular weight excluding hydrogens is 314 g/mol. The first-order chi connectivity index (χ1) is 9.82. The number of nitrogens with zero attached hydrogens (tertiary/aromatic N) is 1. The van der Waals surface area contributed by atoms with Gasteiger partial charge in [-0.1, -0.05) is 23.7 Å². The predicted octanol–water partition coefficient (Wildman–Crippen LogP) is 2.06. The molecule has 1 heterocycles. The van der Waals surface area contributed by atoms with Gasteiger partial charge in [0.2, 0.25) is 10.0 Å². The highest BCUT2D eigenvalue weighted by Gasteiger charge is 2.18. The maximum absolute atomic E-state index is 12.3. The average Bonchev–Trinajstić information content (AvgIpc) is 2.79. The van der Waals surface area contributed by atoms with E-state index in [0.717, 1.165) is 0 Å². The van der Waals surface area contributed by atoms with Crippen molar-refractivity contribution in [2.45, 2.75) is 18.4 Å². The van der Waals surface area contributed by atoms with Crippen LogP contribution in [0.5, 0.6) is 0 Å². The molecule has 0 bridgehead atoms. The Kier molecular flexibility index (Phi) is 4.36. The molecule has 0 spiro atoms. The lowest BCUT2D eigenvalue weighted by atomic mass is 10.3. The number of sulfonamides is 1. The Hall–Kier alpha value is -1.83. The molecule has 1 aromatic carbocycles. The van der Waals surface area contributed by atoms with Crippen molar-refractivity contribution >= 4 is 33.2 Å². The topological polar surface area (TPSA) is 94.2 Å². The first-order valence-corrected chi connectivity index (χ1v) is 8.04. The number of anilines is 1. The monoisotopic (exact) mass is 327 g/mol. The normalized spacial score (nSPS) is 11.4. The number of nitrogens with two attached hydrogens (primary N) is 1. The molecule has 2 rings (SSSR count). The van der Waals surface area contributed by atoms with Gasteiger partial charge in [-0.05, 0) is 25.1 Å². The number of para-hydroxylation sites is 1. The zero-order chi connectivity index (χ0) is 15.6. The smallest absolute Gasteiger partial charge is 0.272 e. The number of benzene rings is 1. The molecular formula is C13H14ClN3O3S. The number of halogens is 1. The Morgan fingerprint density at radius 1 is 1.38 bits per heavy atom. The van der Waals surface area contributed by atoms with Crippen LogP contribution in [0.3, 0.4) is 0 Å². The average molecular weight is 328 g/mol. The lowest BCUT2D eigenvalue weighted by Gasteiger charge is -2.10. The minimum Gasteiger partial charge on any atom is -0.342 e. The lowest BCUT2D eigenvalue weighted by molar-refractivity contribution is 0.101. The third-order valence-electron chi connectivity index (χ3n) is 2.88. The number of rotatable bonds is 4. The molecule has 112 valence electrons. The van der Waals surface area contributed by atoms with Gasteiger partial charge in [0, 0.05) is 12.7 Å². The van der Waals surface area contributed by atoms with Crippen LogP contribution in [-0.4, -0.2) is 18.9 Å². The molecule has 0 saturated carbocycles. The molecule has 0 unspecified atom stereocenters. The third-order valence-corrected chi connectivity index (χ3v) is 4.05. The molecule has 1 aromatic heterocycles. The molecule has 0 aliphatic heterocycles. The summed E-state index contributed by atoms with van der Waals surface area (Å²) in [5.74, 6) is -0.458. The predicted molar refractivity (Wildman–Crippen MR) is 80.9 cm³/mol. The van der Waals surface area contributed by atoms with E-state index in [1.54, 1.807) is 16.8 Å². The standard InChI is InChI=1S/C13H14ClN3O3S/c1-2-17-8-9(14)7-11(17)13(18)16-10-5-3-4-6-12(10)21(15,19)20/h3-8H,2H2,1H3,(H,16,18)(H2,15,19,20). The fraction of sp³-hybridized carbons (Fsp3) is 0.154. The van der Waals surface area contributed by atoms with Crippen molar-refractivity contribution in [2.24, 2.45) is 5.14 Å². The molecule has 0 fully saturated rings. The van der Waals surface area contributed by atoms with Gasteiger partial charge in [-0.25, -0.2) is 13.6 Å². The maximum atomic E-state index is 12.3. The van der Waals surface area contributed by atoms with Crippen LogP contribution >= 0.6 is 11.6 Å². The second-order valence-electron chi connectivity index (χ2n) is 4.32. The fourth-order valence-electron chi connectivity index (χ4n) is 1.93. The van der Waals surface area contributed by atoms with Crippen LogP contribution in [0.4, 0.5) is 5.69 Å². The molecule has 0 aliphatic rings. The second kappa shape index (κ2) is 5.88. The summed E-state index contributed by atoms with van der Waals surface area (Å²) in [5, 5.41) is 8.10. The molecule has 2 aromatic rings. The minimum absolute atomic E-state index is 0.130. The molecule has 8 heteroatoms. The van der Waals surface area contributed by atoms with E-state index < -0.39 is 15.9 Å². The largest absolute Gasteiger partial charge is 0.342 e. The highest BCUT2D eigenvalue weighted by molar-refractivity contribution is 7.89. The quantitative estimate of drug-likeness (QED) is 0.899. The van der Waals surface area contributed by atoms with Crippen molar-refractivity contribution in [3.05, 3.63) is 47.2 Å². The minimum atomic E-state index is -3.92. The second-order valence-corrected chi connectivity index (χ2v) is 6.29. The summed E-state index contributed by atoms with van der Waals surface area (Å²) in [7, 11) is -3.92. The number of hydrogen-bond donors (Lipinski definition) is 2. The van der Waals surface area contributed by atoms with E-state index in [1.165, 1.54) is 24.3 Å². The van der Waals surface area contributed by atoms with Gasteiger partial charge >= 0.3 is 0 Å². The van der Waals surface area contributed by atoms with Crippen LogP contribution in [0, 0.1) is 0 Å². The van der Waals surface area contributed by atoms with Crippen LogP contribution in [-0.2, 0) is 16.6 Å². The molecule has 3 N–H and O–H groups in total. The summed E-state index contributed by atoms with van der Waals surface area (Å²) in [5.41, 5.74) is 0.469. The van der Waals surface area contributed by atoms with Crippen molar-refractivity contribution in [3.8, 4) is 0 Å². The van der Waals surface area contributed by atoms with Crippen molar-refractivity contribution in [3.63, 3.8) is 0 Å². The van der Waals surface area contributed by atoms with Crippen LogP contribution in [0.25, 0.3) is 0 Å². The number of carbonyl (C=O) groups excluding carboxylic acids is 1. The van der Waals surface area contributed by atoms with Crippen molar-refractivity contribution in [1.82, 2.24) is 4.57 Å². The van der Waals surface area contributed by atoms with Gasteiger partial charge in [0.05, 0.1) is 10.7 Å². The van der Waals surface area contributed by atoms with E-state index in [4.69, 9.17) is 16.7 Å². The van der Waals surface area contributed by atoms with E-state index in [2.05, 4.69) is 5.32 Å². The Labute approximate surface area is 127 Å². The Bertz CT molecular complexity index is 784. The number of aromatic nitrogens is 1. The summed E-state index contributed by atoms with van der Waals surface area (Å²) in [6, 6.07) is 7.45. The third kappa shape index (κ3) is 3.44. The zero-order valence-corrected chi connectivity index (χ0v) is 12.8. The summed E-state index contributed by atoms with van der Waals surface area (Å²) in [6.45, 7) is 2.43. The maximum Gasteiger partial charge on any atom is 0.272 e. The van der Waals surface area contributed by atoms with Crippen molar-refractivity contribution in [2.75, 3.05) is 5.32 Å². The fourth-order valence-corrected chi connectivity index (χ4v) is 2.85. The van der Waals surface area contributed by atoms with Crippen LogP contribution in [0.15, 0.2) is 41.4 Å². The van der Waals surface area contributed by atoms with Gasteiger partial charge in [-0.3, -0.25) is 4.79 Å². The number of amides is 1. The van der Waals surface area contributed by atoms with Crippen LogP contribution in [0.1, 0.15) is 17.4 Å². The van der Waals surface area contributed by atoms with Gasteiger partial charge in [-0.2, -0.15) is 0 Å². The molecule has 0 radical (unpaired) electrons. The van der Waals surface area contributed by atoms with Gasteiger partial charge < -0.3 is 9.88 Å². The highest BCUT2D eigenvalue weighted by atomic mass is 35.5. The molecule has 0 aliphatic carbocycles. The van der Waals surface area contributed by atoms with E-state index in [-0.39, 0.29) is 10.6 Å². The van der Waals surface area contributed by atoms with Crippen molar-refractivity contribution < 1.29 is 13.2 Å². The molecule has 1 amide bonds. The van der Waals surface area contributed by atoms with Gasteiger partial charge in [-0.15, -0.1) is 0 Å². The number of primary sulfonamides is 1. The van der Waals surface area contributed by atoms with Gasteiger partial charge in [0.15, 0.2) is 0 Å². The van der Waals surface area contributed by atoms with E-state index in [9.17, 15) is 13.2 Å². The van der Waals surface area contributed by atoms with E-state index in [0.29, 0.717) is 17.3 Å². The number of hydrogen-bond acceptors (Lipinski definition) is 3. The van der Waals surface area contributed by atoms with Crippen LogP contribution < -0.4 is 10.5 Å². The Morgan fingerprint density at radius 3 is 2.67 bits per heavy atom. The molecule has 0 saturated heterocycles. The Balaban J connectivity index is 2.37. The van der Waals surface area contributed by atoms with Crippen molar-refractivity contribution in [1.29, 1.82) is 0 Å². The lowest BCUT2D eigenvalue weighted by Crippen LogP contribution is -2.20. The molecule has 21 heavy (non-hydrogen) atoms. The molecule has 0 atom stereocenters. The van der Waals surface area contributed by atoms with E-state index in [1.807, 2.05) is 6.92 Å². The van der Waals surface area contributed by atoms with Gasteiger partial charge in [0.1, 0.15) is 10.6 Å². The summed E-state index contributed by atoms with van der Waals surface area (Å²) >= 11 is 5.88. The van der Waals surface area contributed by atoms with E-state index >= 15 is 0 Å². The Morgan fingerprint density at radius 2 is 2.05 bits per heavy atom.